The van der Waals surface area contributed by atoms with Crippen molar-refractivity contribution in [1.82, 2.24) is 34.3 Å². The van der Waals surface area contributed by atoms with Crippen LogP contribution in [0, 0.1) is 5.82 Å². The number of hydrogen-bond acceptors (Lipinski definition) is 7. The van der Waals surface area contributed by atoms with E-state index in [1.165, 1.54) is 11.6 Å². The van der Waals surface area contributed by atoms with E-state index < -0.39 is 0 Å². The fourth-order valence-corrected chi connectivity index (χ4v) is 5.51. The average molecular weight is 501 g/mol. The molecule has 1 aromatic carbocycles. The molecule has 5 heterocycles. The molecule has 192 valence electrons. The van der Waals surface area contributed by atoms with Crippen molar-refractivity contribution in [2.45, 2.75) is 45.7 Å². The number of nitrogens with one attached hydrogen (secondary N) is 1. The van der Waals surface area contributed by atoms with E-state index in [2.05, 4.69) is 66.5 Å². The fourth-order valence-electron chi connectivity index (χ4n) is 5.51. The van der Waals surface area contributed by atoms with Crippen LogP contribution in [-0.4, -0.2) is 67.0 Å². The zero-order chi connectivity index (χ0) is 25.6. The molecule has 1 saturated heterocycles. The molecule has 0 radical (unpaired) electrons. The van der Waals surface area contributed by atoms with E-state index in [1.807, 2.05) is 18.3 Å². The molecule has 6 rings (SSSR count). The molecule has 1 N–H and O–H groups in total. The van der Waals surface area contributed by atoms with Gasteiger partial charge in [-0.3, -0.25) is 4.90 Å². The van der Waals surface area contributed by atoms with Gasteiger partial charge in [0.2, 0.25) is 5.95 Å². The fraction of sp³-hybridized carbons (Fsp3) is 0.429. The maximum Gasteiger partial charge on any atom is 0.228 e. The molecular weight excluding hydrogens is 467 g/mol. The Bertz CT molecular complexity index is 1420. The van der Waals surface area contributed by atoms with Crippen LogP contribution in [0.25, 0.3) is 22.3 Å². The number of halogens is 1. The van der Waals surface area contributed by atoms with Crippen LogP contribution in [0.3, 0.4) is 0 Å². The summed E-state index contributed by atoms with van der Waals surface area (Å²) in [6.45, 7) is 13.0. The summed E-state index contributed by atoms with van der Waals surface area (Å²) >= 11 is 0. The summed E-state index contributed by atoms with van der Waals surface area (Å²) in [6, 6.07) is 9.35. The van der Waals surface area contributed by atoms with Crippen molar-refractivity contribution in [3.63, 3.8) is 0 Å². The molecule has 2 aliphatic rings. The number of anilines is 2. The third kappa shape index (κ3) is 4.69. The number of aryl methyl sites for hydroxylation is 1. The third-order valence-electron chi connectivity index (χ3n) is 7.68. The normalized spacial score (nSPS) is 17.8. The number of imidazole rings is 1. The van der Waals surface area contributed by atoms with Gasteiger partial charge in [0.15, 0.2) is 5.82 Å². The molecule has 4 aromatic rings. The first-order valence-corrected chi connectivity index (χ1v) is 13.1. The minimum Gasteiger partial charge on any atom is -0.322 e. The van der Waals surface area contributed by atoms with Crippen molar-refractivity contribution in [2.24, 2.45) is 0 Å². The average Bonchev–Trinajstić information content (AvgIpc) is 3.43. The molecule has 1 fully saturated rings. The Kier molecular flexibility index (Phi) is 6.12. The van der Waals surface area contributed by atoms with Crippen molar-refractivity contribution in [3.8, 4) is 11.3 Å². The Labute approximate surface area is 216 Å². The third-order valence-corrected chi connectivity index (χ3v) is 7.68. The molecule has 0 atom stereocenters. The van der Waals surface area contributed by atoms with Gasteiger partial charge in [-0.1, -0.05) is 13.0 Å². The molecule has 37 heavy (non-hydrogen) atoms. The number of fused-ring (bicyclic) bond motifs is 3. The molecule has 2 aliphatic heterocycles. The van der Waals surface area contributed by atoms with Gasteiger partial charge >= 0.3 is 0 Å². The molecule has 8 nitrogen and oxygen atoms in total. The minimum absolute atomic E-state index is 0.0881. The van der Waals surface area contributed by atoms with E-state index in [9.17, 15) is 0 Å². The second-order valence-electron chi connectivity index (χ2n) is 10.7. The van der Waals surface area contributed by atoms with Gasteiger partial charge in [-0.15, -0.1) is 0 Å². The van der Waals surface area contributed by atoms with Gasteiger partial charge in [-0.25, -0.2) is 24.3 Å². The van der Waals surface area contributed by atoms with E-state index >= 15 is 4.39 Å². The van der Waals surface area contributed by atoms with Crippen molar-refractivity contribution < 1.29 is 4.39 Å². The highest BCUT2D eigenvalue weighted by Crippen LogP contribution is 2.37. The Morgan fingerprint density at radius 3 is 2.57 bits per heavy atom. The highest BCUT2D eigenvalue weighted by molar-refractivity contribution is 5.83. The number of pyridine rings is 1. The first kappa shape index (κ1) is 23.9. The summed E-state index contributed by atoms with van der Waals surface area (Å²) in [5, 5.41) is 3.19. The van der Waals surface area contributed by atoms with Gasteiger partial charge in [-0.2, -0.15) is 0 Å². The standard InChI is InChI=1S/C28H33FN8/c1-4-35-11-13-36(14-12-35)18-19-5-6-24(31-17-19)33-27-30-10-8-22(32-27)20-15-21(29)26-23(16-20)37-25(34-26)7-9-28(37,2)3/h5-6,8,10,15-17H,4,7,9,11-14,18H2,1-3H3,(H,30,31,32,33). The Morgan fingerprint density at radius 2 is 1.81 bits per heavy atom. The van der Waals surface area contributed by atoms with E-state index in [0.717, 1.165) is 63.5 Å². The SMILES string of the molecule is CCN1CCN(Cc2ccc(Nc3nccc(-c4cc(F)c5nc6n(c5c4)C(C)(C)CC6)n3)nc2)CC1. The molecule has 9 heteroatoms. The summed E-state index contributed by atoms with van der Waals surface area (Å²) in [5.74, 6) is 1.71. The van der Waals surface area contributed by atoms with Crippen molar-refractivity contribution in [1.29, 1.82) is 0 Å². The summed E-state index contributed by atoms with van der Waals surface area (Å²) in [6.07, 6.45) is 5.45. The smallest absolute Gasteiger partial charge is 0.228 e. The molecule has 0 unspecified atom stereocenters. The molecular formula is C28H33FN8. The summed E-state index contributed by atoms with van der Waals surface area (Å²) in [7, 11) is 0. The summed E-state index contributed by atoms with van der Waals surface area (Å²) in [4.78, 5) is 23.1. The minimum atomic E-state index is -0.327. The maximum absolute atomic E-state index is 15.1. The maximum atomic E-state index is 15.1. The second-order valence-corrected chi connectivity index (χ2v) is 10.7. The monoisotopic (exact) mass is 500 g/mol. The number of piperazine rings is 1. The predicted molar refractivity (Wildman–Crippen MR) is 143 cm³/mol. The van der Waals surface area contributed by atoms with Gasteiger partial charge in [-0.05, 0) is 56.6 Å². The van der Waals surface area contributed by atoms with Crippen molar-refractivity contribution in [2.75, 3.05) is 38.0 Å². The van der Waals surface area contributed by atoms with Gasteiger partial charge in [0, 0.05) is 62.6 Å². The van der Waals surface area contributed by atoms with E-state index in [1.54, 1.807) is 12.3 Å². The molecule has 0 bridgehead atoms. The Morgan fingerprint density at radius 1 is 1.00 bits per heavy atom. The van der Waals surface area contributed by atoms with Gasteiger partial charge < -0.3 is 14.8 Å². The number of rotatable bonds is 6. The van der Waals surface area contributed by atoms with Gasteiger partial charge in [0.25, 0.3) is 0 Å². The largest absolute Gasteiger partial charge is 0.322 e. The van der Waals surface area contributed by atoms with Crippen LogP contribution in [0.15, 0.2) is 42.7 Å². The number of aromatic nitrogens is 5. The number of benzene rings is 1. The first-order valence-electron chi connectivity index (χ1n) is 13.1. The molecule has 0 aliphatic carbocycles. The lowest BCUT2D eigenvalue weighted by Gasteiger charge is -2.33. The Hall–Kier alpha value is -3.43. The van der Waals surface area contributed by atoms with Crippen molar-refractivity contribution >= 4 is 22.8 Å². The van der Waals surface area contributed by atoms with E-state index in [-0.39, 0.29) is 11.4 Å². The van der Waals surface area contributed by atoms with Crippen LogP contribution < -0.4 is 5.32 Å². The number of hydrogen-bond donors (Lipinski definition) is 1. The quantitative estimate of drug-likeness (QED) is 0.415. The zero-order valence-corrected chi connectivity index (χ0v) is 21.7. The highest BCUT2D eigenvalue weighted by atomic mass is 19.1. The molecule has 0 saturated carbocycles. The lowest BCUT2D eigenvalue weighted by molar-refractivity contribution is 0.132. The van der Waals surface area contributed by atoms with E-state index in [4.69, 9.17) is 0 Å². The number of nitrogens with zero attached hydrogens (tertiary/aromatic N) is 7. The van der Waals surface area contributed by atoms with Crippen LogP contribution in [0.5, 0.6) is 0 Å². The Balaban J connectivity index is 1.19. The molecule has 0 amide bonds. The van der Waals surface area contributed by atoms with Crippen LogP contribution >= 0.6 is 0 Å². The lowest BCUT2D eigenvalue weighted by atomic mass is 10.0. The topological polar surface area (TPSA) is 75.0 Å². The van der Waals surface area contributed by atoms with Crippen LogP contribution in [-0.2, 0) is 18.5 Å². The zero-order valence-electron chi connectivity index (χ0n) is 21.7. The lowest BCUT2D eigenvalue weighted by Crippen LogP contribution is -2.45. The van der Waals surface area contributed by atoms with Crippen LogP contribution in [0.4, 0.5) is 16.2 Å². The van der Waals surface area contributed by atoms with Gasteiger partial charge in [0.1, 0.15) is 17.2 Å². The number of likely N-dealkylation sites (N-methyl/N-ethyl adjacent to an activating group) is 1. The molecule has 0 spiro atoms. The molecule has 3 aromatic heterocycles. The second kappa shape index (κ2) is 9.46. The summed E-state index contributed by atoms with van der Waals surface area (Å²) < 4.78 is 17.2. The van der Waals surface area contributed by atoms with Gasteiger partial charge in [0.05, 0.1) is 11.2 Å². The predicted octanol–water partition coefficient (Wildman–Crippen LogP) is 4.59. The van der Waals surface area contributed by atoms with Crippen LogP contribution in [0.1, 0.15) is 38.6 Å². The van der Waals surface area contributed by atoms with Crippen LogP contribution in [0.2, 0.25) is 0 Å². The van der Waals surface area contributed by atoms with E-state index in [0.29, 0.717) is 28.5 Å². The highest BCUT2D eigenvalue weighted by Gasteiger charge is 2.33. The van der Waals surface area contributed by atoms with Crippen molar-refractivity contribution in [3.05, 3.63) is 59.9 Å². The first-order chi connectivity index (χ1) is 17.9. The summed E-state index contributed by atoms with van der Waals surface area (Å²) in [5.41, 5.74) is 3.68.